The molecule has 3 nitrogen and oxygen atoms in total. The Bertz CT molecular complexity index is 306. The summed E-state index contributed by atoms with van der Waals surface area (Å²) in [6.45, 7) is 12.3. The second-order valence-corrected chi connectivity index (χ2v) is 7.15. The molecule has 0 aromatic carbocycles. The highest BCUT2D eigenvalue weighted by Gasteiger charge is 2.02. The van der Waals surface area contributed by atoms with Gasteiger partial charge in [0.15, 0.2) is 0 Å². The summed E-state index contributed by atoms with van der Waals surface area (Å²) in [6, 6.07) is 0. The number of unbranched alkanes of at least 4 members (excludes halogenated alkanes) is 8. The minimum absolute atomic E-state index is 0. The lowest BCUT2D eigenvalue weighted by molar-refractivity contribution is -0.656. The molecule has 0 unspecified atom stereocenters. The molecular weight excluding hydrogens is 322 g/mol. The van der Waals surface area contributed by atoms with Gasteiger partial charge in [0.2, 0.25) is 0 Å². The number of rotatable bonds is 16. The summed E-state index contributed by atoms with van der Waals surface area (Å²) in [5.41, 5.74) is 0.477. The Morgan fingerprint density at radius 2 is 1.42 bits per heavy atom. The number of quaternary nitrogens is 1. The topological polar surface area (TPSA) is 42.9 Å². The van der Waals surface area contributed by atoms with Crippen molar-refractivity contribution in [3.05, 3.63) is 12.2 Å². The van der Waals surface area contributed by atoms with Crippen LogP contribution in [0.3, 0.4) is 0 Å². The predicted octanol–water partition coefficient (Wildman–Crippen LogP) is 1.23. The van der Waals surface area contributed by atoms with Crippen LogP contribution in [0.15, 0.2) is 12.2 Å². The molecule has 0 aromatic rings. The Morgan fingerprint density at radius 1 is 0.917 bits per heavy atom. The number of esters is 1. The summed E-state index contributed by atoms with van der Waals surface area (Å²) < 4.78 is 5.05. The van der Waals surface area contributed by atoms with Crippen molar-refractivity contribution in [1.29, 1.82) is 0 Å². The monoisotopic (exact) mass is 361 g/mol. The van der Waals surface area contributed by atoms with Crippen LogP contribution in [-0.4, -0.2) is 25.7 Å². The molecule has 0 amide bonds. The first-order chi connectivity index (χ1) is 11.0. The maximum Gasteiger partial charge on any atom is 0.333 e. The van der Waals surface area contributed by atoms with Crippen molar-refractivity contribution in [2.75, 3.05) is 19.7 Å². The molecule has 4 heteroatoms. The molecule has 0 aliphatic heterocycles. The number of halogens is 1. The average molecular weight is 362 g/mol. The van der Waals surface area contributed by atoms with E-state index in [0.29, 0.717) is 12.2 Å². The number of carbonyl (C=O) groups is 1. The zero-order valence-corrected chi connectivity index (χ0v) is 17.0. The fourth-order valence-electron chi connectivity index (χ4n) is 2.58. The molecule has 0 saturated carbocycles. The third-order valence-electron chi connectivity index (χ3n) is 4.09. The number of ether oxygens (including phenoxy) is 1. The van der Waals surface area contributed by atoms with E-state index in [1.165, 1.54) is 64.2 Å². The van der Waals surface area contributed by atoms with Gasteiger partial charge in [-0.3, -0.25) is 0 Å². The van der Waals surface area contributed by atoms with Crippen LogP contribution in [0.1, 0.15) is 85.0 Å². The lowest BCUT2D eigenvalue weighted by Crippen LogP contribution is -3.00. The SMILES string of the molecule is C=C(C)C(=O)OCC[NH2+]CCCCCCCCCCCC(C)C.[Cl-]. The van der Waals surface area contributed by atoms with Gasteiger partial charge in [-0.05, 0) is 25.7 Å². The summed E-state index contributed by atoms with van der Waals surface area (Å²) in [7, 11) is 0. The van der Waals surface area contributed by atoms with Gasteiger partial charge in [0.25, 0.3) is 0 Å². The van der Waals surface area contributed by atoms with E-state index in [-0.39, 0.29) is 18.4 Å². The predicted molar refractivity (Wildman–Crippen MR) is 98.4 cm³/mol. The maximum atomic E-state index is 11.2. The lowest BCUT2D eigenvalue weighted by Gasteiger charge is -2.05. The smallest absolute Gasteiger partial charge is 0.333 e. The van der Waals surface area contributed by atoms with E-state index in [2.05, 4.69) is 25.7 Å². The second kappa shape index (κ2) is 18.8. The number of hydrogen-bond donors (Lipinski definition) is 1. The Hall–Kier alpha value is -0.540. The van der Waals surface area contributed by atoms with Gasteiger partial charge >= 0.3 is 5.97 Å². The van der Waals surface area contributed by atoms with Crippen LogP contribution < -0.4 is 17.7 Å². The van der Waals surface area contributed by atoms with Gasteiger partial charge in [-0.2, -0.15) is 0 Å². The molecule has 144 valence electrons. The Labute approximate surface area is 156 Å². The minimum atomic E-state index is -0.275. The number of nitrogens with two attached hydrogens (primary N) is 1. The van der Waals surface area contributed by atoms with Crippen molar-refractivity contribution in [3.8, 4) is 0 Å². The fourth-order valence-corrected chi connectivity index (χ4v) is 2.58. The second-order valence-electron chi connectivity index (χ2n) is 7.15. The van der Waals surface area contributed by atoms with Gasteiger partial charge in [0.05, 0.1) is 6.54 Å². The van der Waals surface area contributed by atoms with Gasteiger partial charge in [0.1, 0.15) is 13.2 Å². The molecule has 0 saturated heterocycles. The first kappa shape index (κ1) is 25.7. The Kier molecular flexibility index (Phi) is 20.1. The molecule has 0 aliphatic rings. The number of hydrogen-bond acceptors (Lipinski definition) is 2. The summed E-state index contributed by atoms with van der Waals surface area (Å²) in [4.78, 5) is 11.2. The Balaban J connectivity index is 0. The van der Waals surface area contributed by atoms with Crippen molar-refractivity contribution < 1.29 is 27.3 Å². The minimum Gasteiger partial charge on any atom is -1.00 e. The van der Waals surface area contributed by atoms with Crippen molar-refractivity contribution in [2.24, 2.45) is 5.92 Å². The molecular formula is C20H40ClNO2. The molecule has 0 aromatic heterocycles. The largest absolute Gasteiger partial charge is 1.00 e. The van der Waals surface area contributed by atoms with E-state index in [9.17, 15) is 4.79 Å². The van der Waals surface area contributed by atoms with E-state index in [1.807, 2.05) is 0 Å². The summed E-state index contributed by atoms with van der Waals surface area (Å²) in [5.74, 6) is 0.590. The first-order valence-electron chi connectivity index (χ1n) is 9.68. The highest BCUT2D eigenvalue weighted by atomic mass is 35.5. The van der Waals surface area contributed by atoms with Crippen molar-refractivity contribution in [2.45, 2.75) is 85.0 Å². The fraction of sp³-hybridized carbons (Fsp3) is 0.850. The molecule has 24 heavy (non-hydrogen) atoms. The van der Waals surface area contributed by atoms with Crippen LogP contribution >= 0.6 is 0 Å². The highest BCUT2D eigenvalue weighted by Crippen LogP contribution is 2.12. The Morgan fingerprint density at radius 3 is 1.92 bits per heavy atom. The maximum absolute atomic E-state index is 11.2. The zero-order valence-electron chi connectivity index (χ0n) is 16.2. The zero-order chi connectivity index (χ0) is 17.3. The molecule has 0 atom stereocenters. The van der Waals surface area contributed by atoms with Crippen molar-refractivity contribution in [1.82, 2.24) is 0 Å². The van der Waals surface area contributed by atoms with Crippen LogP contribution in [0.2, 0.25) is 0 Å². The van der Waals surface area contributed by atoms with E-state index in [1.54, 1.807) is 6.92 Å². The molecule has 0 rings (SSSR count). The van der Waals surface area contributed by atoms with E-state index in [0.717, 1.165) is 19.0 Å². The van der Waals surface area contributed by atoms with Gasteiger partial charge in [-0.25, -0.2) is 4.79 Å². The first-order valence-corrected chi connectivity index (χ1v) is 9.68. The van der Waals surface area contributed by atoms with Crippen LogP contribution in [-0.2, 0) is 9.53 Å². The molecule has 0 bridgehead atoms. The van der Waals surface area contributed by atoms with Crippen LogP contribution in [0.25, 0.3) is 0 Å². The van der Waals surface area contributed by atoms with Crippen LogP contribution in [0.5, 0.6) is 0 Å². The highest BCUT2D eigenvalue weighted by molar-refractivity contribution is 5.86. The summed E-state index contributed by atoms with van der Waals surface area (Å²) in [5, 5.41) is 2.24. The van der Waals surface area contributed by atoms with Crippen molar-refractivity contribution >= 4 is 5.97 Å². The summed E-state index contributed by atoms with van der Waals surface area (Å²) in [6.07, 6.45) is 13.8. The van der Waals surface area contributed by atoms with Gasteiger partial charge in [-0.1, -0.05) is 71.8 Å². The molecule has 0 heterocycles. The average Bonchev–Trinajstić information content (AvgIpc) is 2.50. The molecule has 0 spiro atoms. The van der Waals surface area contributed by atoms with Crippen LogP contribution in [0.4, 0.5) is 0 Å². The standard InChI is InChI=1S/C20H39NO2.ClH/c1-18(2)14-12-10-8-6-5-7-9-11-13-15-21-16-17-23-20(22)19(3)4;/h18,21H,3,5-17H2,1-2,4H3;1H. The van der Waals surface area contributed by atoms with Gasteiger partial charge in [0, 0.05) is 5.57 Å². The van der Waals surface area contributed by atoms with Crippen LogP contribution in [0, 0.1) is 5.92 Å². The molecule has 0 fully saturated rings. The third-order valence-corrected chi connectivity index (χ3v) is 4.09. The number of carbonyl (C=O) groups excluding carboxylic acids is 1. The molecule has 0 radical (unpaired) electrons. The van der Waals surface area contributed by atoms with Gasteiger partial charge < -0.3 is 22.5 Å². The quantitative estimate of drug-likeness (QED) is 0.255. The molecule has 0 aliphatic carbocycles. The molecule has 2 N–H and O–H groups in total. The normalized spacial score (nSPS) is 10.5. The lowest BCUT2D eigenvalue weighted by atomic mass is 10.0. The summed E-state index contributed by atoms with van der Waals surface area (Å²) >= 11 is 0. The third kappa shape index (κ3) is 19.5. The van der Waals surface area contributed by atoms with E-state index in [4.69, 9.17) is 4.74 Å². The van der Waals surface area contributed by atoms with E-state index < -0.39 is 0 Å². The van der Waals surface area contributed by atoms with Crippen molar-refractivity contribution in [3.63, 3.8) is 0 Å². The van der Waals surface area contributed by atoms with Gasteiger partial charge in [-0.15, -0.1) is 0 Å². The van der Waals surface area contributed by atoms with E-state index >= 15 is 0 Å².